The van der Waals surface area contributed by atoms with E-state index in [-0.39, 0.29) is 5.41 Å². The van der Waals surface area contributed by atoms with Gasteiger partial charge < -0.3 is 9.64 Å². The standard InChI is InChI=1S/C17H29NO/c1-7-19-16-11-10-15(17(2,3)4)13-14(16)9-8-12-18(5)6/h10-11,13H,7-9,12H2,1-6H3. The van der Waals surface area contributed by atoms with Gasteiger partial charge in [0.25, 0.3) is 0 Å². The molecule has 0 unspecified atom stereocenters. The molecule has 1 rings (SSSR count). The molecule has 0 spiro atoms. The lowest BCUT2D eigenvalue weighted by Gasteiger charge is -2.21. The van der Waals surface area contributed by atoms with E-state index in [4.69, 9.17) is 4.74 Å². The quantitative estimate of drug-likeness (QED) is 0.772. The van der Waals surface area contributed by atoms with E-state index in [2.05, 4.69) is 58.0 Å². The molecule has 108 valence electrons. The molecular weight excluding hydrogens is 234 g/mol. The van der Waals surface area contributed by atoms with E-state index in [1.165, 1.54) is 17.5 Å². The van der Waals surface area contributed by atoms with Crippen LogP contribution in [0.1, 0.15) is 45.2 Å². The third-order valence-corrected chi connectivity index (χ3v) is 3.28. The van der Waals surface area contributed by atoms with Gasteiger partial charge in [0.2, 0.25) is 0 Å². The summed E-state index contributed by atoms with van der Waals surface area (Å²) in [7, 11) is 4.24. The van der Waals surface area contributed by atoms with Crippen LogP contribution < -0.4 is 4.74 Å². The highest BCUT2D eigenvalue weighted by atomic mass is 16.5. The fraction of sp³-hybridized carbons (Fsp3) is 0.647. The Labute approximate surface area is 118 Å². The highest BCUT2D eigenvalue weighted by molar-refractivity contribution is 5.39. The lowest BCUT2D eigenvalue weighted by Crippen LogP contribution is -2.15. The van der Waals surface area contributed by atoms with Crippen LogP contribution in [0.15, 0.2) is 18.2 Å². The molecule has 0 amide bonds. The van der Waals surface area contributed by atoms with Crippen molar-refractivity contribution in [3.63, 3.8) is 0 Å². The van der Waals surface area contributed by atoms with Gasteiger partial charge in [0, 0.05) is 0 Å². The second-order valence-electron chi connectivity index (χ2n) is 6.41. The zero-order valence-electron chi connectivity index (χ0n) is 13.4. The number of hydrogen-bond acceptors (Lipinski definition) is 2. The summed E-state index contributed by atoms with van der Waals surface area (Å²) >= 11 is 0. The number of aryl methyl sites for hydroxylation is 1. The SMILES string of the molecule is CCOc1ccc(C(C)(C)C)cc1CCCN(C)C. The molecule has 0 fully saturated rings. The van der Waals surface area contributed by atoms with Crippen LogP contribution in [0.4, 0.5) is 0 Å². The molecule has 2 heteroatoms. The third-order valence-electron chi connectivity index (χ3n) is 3.28. The highest BCUT2D eigenvalue weighted by Gasteiger charge is 2.15. The summed E-state index contributed by atoms with van der Waals surface area (Å²) in [5, 5.41) is 0. The Kier molecular flexibility index (Phi) is 5.86. The predicted molar refractivity (Wildman–Crippen MR) is 83.2 cm³/mol. The molecule has 0 atom stereocenters. The Hall–Kier alpha value is -1.02. The van der Waals surface area contributed by atoms with Crippen molar-refractivity contribution < 1.29 is 4.74 Å². The van der Waals surface area contributed by atoms with E-state index >= 15 is 0 Å². The van der Waals surface area contributed by atoms with Gasteiger partial charge in [0.1, 0.15) is 5.75 Å². The molecule has 0 aromatic heterocycles. The number of benzene rings is 1. The Bertz CT molecular complexity index is 391. The van der Waals surface area contributed by atoms with Crippen molar-refractivity contribution in [2.45, 2.75) is 46.0 Å². The van der Waals surface area contributed by atoms with Gasteiger partial charge in [-0.25, -0.2) is 0 Å². The van der Waals surface area contributed by atoms with E-state index in [1.807, 2.05) is 6.92 Å². The van der Waals surface area contributed by atoms with Crippen LogP contribution >= 0.6 is 0 Å². The van der Waals surface area contributed by atoms with Gasteiger partial charge in [-0.15, -0.1) is 0 Å². The summed E-state index contributed by atoms with van der Waals surface area (Å²) < 4.78 is 5.75. The topological polar surface area (TPSA) is 12.5 Å². The van der Waals surface area contributed by atoms with E-state index < -0.39 is 0 Å². The normalized spacial score (nSPS) is 11.9. The van der Waals surface area contributed by atoms with Crippen molar-refractivity contribution in [1.82, 2.24) is 4.90 Å². The minimum Gasteiger partial charge on any atom is -0.494 e. The van der Waals surface area contributed by atoms with E-state index in [0.29, 0.717) is 0 Å². The average molecular weight is 263 g/mol. The fourth-order valence-electron chi connectivity index (χ4n) is 2.12. The molecule has 0 aliphatic heterocycles. The minimum atomic E-state index is 0.195. The molecule has 0 aliphatic rings. The summed E-state index contributed by atoms with van der Waals surface area (Å²) in [6.45, 7) is 10.7. The molecule has 19 heavy (non-hydrogen) atoms. The monoisotopic (exact) mass is 263 g/mol. The summed E-state index contributed by atoms with van der Waals surface area (Å²) in [5.41, 5.74) is 2.92. The van der Waals surface area contributed by atoms with Crippen LogP contribution in [0.5, 0.6) is 5.75 Å². The lowest BCUT2D eigenvalue weighted by atomic mass is 9.85. The van der Waals surface area contributed by atoms with Crippen molar-refractivity contribution in [2.75, 3.05) is 27.2 Å². The van der Waals surface area contributed by atoms with Gasteiger partial charge in [-0.05, 0) is 63.0 Å². The molecule has 0 bridgehead atoms. The van der Waals surface area contributed by atoms with Crippen LogP contribution in [0, 0.1) is 0 Å². The molecule has 0 saturated carbocycles. The fourth-order valence-corrected chi connectivity index (χ4v) is 2.12. The molecule has 0 heterocycles. The second-order valence-corrected chi connectivity index (χ2v) is 6.41. The van der Waals surface area contributed by atoms with Crippen molar-refractivity contribution in [3.05, 3.63) is 29.3 Å². The van der Waals surface area contributed by atoms with E-state index in [9.17, 15) is 0 Å². The second kappa shape index (κ2) is 6.95. The molecule has 0 N–H and O–H groups in total. The molecule has 0 saturated heterocycles. The van der Waals surface area contributed by atoms with Gasteiger partial charge in [0.15, 0.2) is 0 Å². The smallest absolute Gasteiger partial charge is 0.122 e. The maximum atomic E-state index is 5.75. The van der Waals surface area contributed by atoms with Crippen molar-refractivity contribution in [3.8, 4) is 5.75 Å². The van der Waals surface area contributed by atoms with Gasteiger partial charge in [0.05, 0.1) is 6.61 Å². The summed E-state index contributed by atoms with van der Waals surface area (Å²) in [6, 6.07) is 6.65. The van der Waals surface area contributed by atoms with Gasteiger partial charge in [-0.2, -0.15) is 0 Å². The summed E-state index contributed by atoms with van der Waals surface area (Å²) in [5.74, 6) is 1.05. The minimum absolute atomic E-state index is 0.195. The van der Waals surface area contributed by atoms with Gasteiger partial charge in [-0.1, -0.05) is 32.9 Å². The van der Waals surface area contributed by atoms with E-state index in [0.717, 1.165) is 25.3 Å². The maximum absolute atomic E-state index is 5.75. The van der Waals surface area contributed by atoms with Crippen LogP contribution in [-0.2, 0) is 11.8 Å². The van der Waals surface area contributed by atoms with Crippen molar-refractivity contribution in [1.29, 1.82) is 0 Å². The molecule has 1 aromatic carbocycles. The van der Waals surface area contributed by atoms with Crippen LogP contribution in [0.3, 0.4) is 0 Å². The third kappa shape index (κ3) is 5.23. The van der Waals surface area contributed by atoms with Crippen LogP contribution in [-0.4, -0.2) is 32.1 Å². The Morgan fingerprint density at radius 1 is 1.16 bits per heavy atom. The molecule has 2 nitrogen and oxygen atoms in total. The first kappa shape index (κ1) is 16.0. The van der Waals surface area contributed by atoms with Gasteiger partial charge in [-0.3, -0.25) is 0 Å². The molecule has 1 aromatic rings. The molecule has 0 aliphatic carbocycles. The van der Waals surface area contributed by atoms with Crippen molar-refractivity contribution in [2.24, 2.45) is 0 Å². The maximum Gasteiger partial charge on any atom is 0.122 e. The number of hydrogen-bond donors (Lipinski definition) is 0. The average Bonchev–Trinajstić information content (AvgIpc) is 2.29. The Morgan fingerprint density at radius 3 is 2.37 bits per heavy atom. The molecule has 0 radical (unpaired) electrons. The number of ether oxygens (including phenoxy) is 1. The predicted octanol–water partition coefficient (Wildman–Crippen LogP) is 3.88. The lowest BCUT2D eigenvalue weighted by molar-refractivity contribution is 0.334. The molecular formula is C17H29NO. The van der Waals surface area contributed by atoms with Crippen LogP contribution in [0.25, 0.3) is 0 Å². The Morgan fingerprint density at radius 2 is 1.84 bits per heavy atom. The summed E-state index contributed by atoms with van der Waals surface area (Å²) in [6.07, 6.45) is 2.25. The Balaban J connectivity index is 2.89. The highest BCUT2D eigenvalue weighted by Crippen LogP contribution is 2.28. The van der Waals surface area contributed by atoms with Crippen LogP contribution in [0.2, 0.25) is 0 Å². The zero-order valence-corrected chi connectivity index (χ0v) is 13.4. The zero-order chi connectivity index (χ0) is 14.5. The first-order valence-electron chi connectivity index (χ1n) is 7.25. The van der Waals surface area contributed by atoms with E-state index in [1.54, 1.807) is 0 Å². The number of nitrogens with zero attached hydrogens (tertiary/aromatic N) is 1. The van der Waals surface area contributed by atoms with Gasteiger partial charge >= 0.3 is 0 Å². The first-order chi connectivity index (χ1) is 8.84. The first-order valence-corrected chi connectivity index (χ1v) is 7.25. The summed E-state index contributed by atoms with van der Waals surface area (Å²) in [4.78, 5) is 2.23. The van der Waals surface area contributed by atoms with Crippen molar-refractivity contribution >= 4 is 0 Å². The largest absolute Gasteiger partial charge is 0.494 e. The number of rotatable bonds is 6.